The van der Waals surface area contributed by atoms with Crippen molar-refractivity contribution in [3.8, 4) is 0 Å². The summed E-state index contributed by atoms with van der Waals surface area (Å²) in [6.07, 6.45) is 0. The van der Waals surface area contributed by atoms with Gasteiger partial charge in [0.25, 0.3) is 0 Å². The average molecular weight is 289 g/mol. The molecule has 1 atom stereocenters. The van der Waals surface area contributed by atoms with E-state index in [0.29, 0.717) is 5.75 Å². The summed E-state index contributed by atoms with van der Waals surface area (Å²) in [5.41, 5.74) is 7.38. The number of carbonyl (C=O) groups is 1. The number of halogens is 1. The van der Waals surface area contributed by atoms with Crippen molar-refractivity contribution in [1.29, 1.82) is 0 Å². The molecule has 0 aliphatic carbocycles. The van der Waals surface area contributed by atoms with Gasteiger partial charge in [-0.1, -0.05) is 22.0 Å². The summed E-state index contributed by atoms with van der Waals surface area (Å²) >= 11 is 7.36. The van der Waals surface area contributed by atoms with E-state index >= 15 is 0 Å². The normalized spacial score (nSPS) is 12.3. The fourth-order valence-corrected chi connectivity index (χ4v) is 1.53. The van der Waals surface area contributed by atoms with Crippen LogP contribution < -0.4 is 11.1 Å². The lowest BCUT2D eigenvalue weighted by molar-refractivity contribution is -0.116. The lowest BCUT2D eigenvalue weighted by Gasteiger charge is -2.10. The van der Waals surface area contributed by atoms with Crippen LogP contribution in [-0.4, -0.2) is 17.7 Å². The zero-order valence-electron chi connectivity index (χ0n) is 8.33. The van der Waals surface area contributed by atoms with E-state index in [4.69, 9.17) is 5.73 Å². The van der Waals surface area contributed by atoms with Gasteiger partial charge in [-0.3, -0.25) is 4.79 Å². The number of anilines is 1. The van der Waals surface area contributed by atoms with E-state index in [-0.39, 0.29) is 5.91 Å². The van der Waals surface area contributed by atoms with Crippen molar-refractivity contribution in [3.05, 3.63) is 28.2 Å². The van der Waals surface area contributed by atoms with Gasteiger partial charge in [0.1, 0.15) is 0 Å². The maximum Gasteiger partial charge on any atom is 0.242 e. The molecule has 0 saturated heterocycles. The third kappa shape index (κ3) is 3.52. The molecule has 0 fully saturated rings. The summed E-state index contributed by atoms with van der Waals surface area (Å²) in [6.45, 7) is 1.98. The second-order valence-corrected chi connectivity index (χ2v) is 4.46. The number of carbonyl (C=O) groups excluding carboxylic acids is 1. The van der Waals surface area contributed by atoms with Gasteiger partial charge in [-0.05, 0) is 24.6 Å². The number of nitrogens with one attached hydrogen (secondary N) is 1. The molecular weight excluding hydrogens is 276 g/mol. The van der Waals surface area contributed by atoms with Crippen LogP contribution in [0, 0.1) is 6.92 Å². The molecule has 1 amide bonds. The minimum Gasteiger partial charge on any atom is -0.325 e. The molecule has 1 rings (SSSR count). The predicted octanol–water partition coefficient (Wildman–Crippen LogP) is 1.95. The Kier molecular flexibility index (Phi) is 4.63. The molecule has 0 bridgehead atoms. The van der Waals surface area contributed by atoms with Gasteiger partial charge in [0.2, 0.25) is 5.91 Å². The molecule has 0 aromatic heterocycles. The molecule has 1 aromatic rings. The molecule has 3 nitrogen and oxygen atoms in total. The molecule has 3 N–H and O–H groups in total. The van der Waals surface area contributed by atoms with Crippen LogP contribution >= 0.6 is 28.6 Å². The lowest BCUT2D eigenvalue weighted by Crippen LogP contribution is -2.37. The highest BCUT2D eigenvalue weighted by atomic mass is 79.9. The molecule has 0 saturated carbocycles. The maximum atomic E-state index is 11.4. The van der Waals surface area contributed by atoms with E-state index < -0.39 is 6.04 Å². The average Bonchev–Trinajstić information content (AvgIpc) is 2.22. The van der Waals surface area contributed by atoms with Crippen molar-refractivity contribution < 1.29 is 4.79 Å². The molecule has 82 valence electrons. The topological polar surface area (TPSA) is 55.1 Å². The Morgan fingerprint density at radius 1 is 1.67 bits per heavy atom. The number of rotatable bonds is 3. The number of thiol groups is 1. The van der Waals surface area contributed by atoms with Gasteiger partial charge in [-0.2, -0.15) is 12.6 Å². The Morgan fingerprint density at radius 2 is 2.33 bits per heavy atom. The fraction of sp³-hybridized carbons (Fsp3) is 0.300. The first-order chi connectivity index (χ1) is 7.04. The standard InChI is InChI=1S/C10H13BrN2OS/c1-6-2-3-7(4-8(6)11)13-10(14)9(12)5-15/h2-4,9,15H,5,12H2,1H3,(H,13,14). The van der Waals surface area contributed by atoms with Crippen molar-refractivity contribution in [2.75, 3.05) is 11.1 Å². The minimum atomic E-state index is -0.576. The highest BCUT2D eigenvalue weighted by Gasteiger charge is 2.11. The number of amides is 1. The largest absolute Gasteiger partial charge is 0.325 e. The van der Waals surface area contributed by atoms with E-state index in [1.54, 1.807) is 0 Å². The monoisotopic (exact) mass is 288 g/mol. The van der Waals surface area contributed by atoms with Crippen LogP contribution in [0.2, 0.25) is 0 Å². The van der Waals surface area contributed by atoms with E-state index in [0.717, 1.165) is 15.7 Å². The molecule has 5 heteroatoms. The van der Waals surface area contributed by atoms with Crippen LogP contribution in [-0.2, 0) is 4.79 Å². The summed E-state index contributed by atoms with van der Waals surface area (Å²) in [5, 5.41) is 2.72. The van der Waals surface area contributed by atoms with Crippen LogP contribution in [0.3, 0.4) is 0 Å². The molecule has 0 aliphatic heterocycles. The van der Waals surface area contributed by atoms with E-state index in [1.807, 2.05) is 25.1 Å². The van der Waals surface area contributed by atoms with E-state index in [2.05, 4.69) is 33.9 Å². The lowest BCUT2D eigenvalue weighted by atomic mass is 10.2. The Labute approximate surface area is 103 Å². The van der Waals surface area contributed by atoms with Crippen molar-refractivity contribution >= 4 is 40.2 Å². The number of benzene rings is 1. The first-order valence-corrected chi connectivity index (χ1v) is 5.90. The van der Waals surface area contributed by atoms with Gasteiger partial charge in [-0.15, -0.1) is 0 Å². The summed E-state index contributed by atoms with van der Waals surface area (Å²) in [7, 11) is 0. The summed E-state index contributed by atoms with van der Waals surface area (Å²) in [4.78, 5) is 11.4. The molecule has 1 aromatic carbocycles. The van der Waals surface area contributed by atoms with Gasteiger partial charge >= 0.3 is 0 Å². The second kappa shape index (κ2) is 5.53. The Morgan fingerprint density at radius 3 is 2.87 bits per heavy atom. The second-order valence-electron chi connectivity index (χ2n) is 3.24. The van der Waals surface area contributed by atoms with E-state index in [1.165, 1.54) is 0 Å². The molecule has 15 heavy (non-hydrogen) atoms. The minimum absolute atomic E-state index is 0.222. The van der Waals surface area contributed by atoms with Crippen LogP contribution in [0.1, 0.15) is 5.56 Å². The number of aryl methyl sites for hydroxylation is 1. The number of nitrogens with two attached hydrogens (primary N) is 1. The van der Waals surface area contributed by atoms with Gasteiger partial charge < -0.3 is 11.1 Å². The Hall–Kier alpha value is -0.520. The van der Waals surface area contributed by atoms with Crippen molar-refractivity contribution in [2.24, 2.45) is 5.73 Å². The highest BCUT2D eigenvalue weighted by Crippen LogP contribution is 2.20. The quantitative estimate of drug-likeness (QED) is 0.745. The Bertz CT molecular complexity index is 370. The number of hydrogen-bond acceptors (Lipinski definition) is 3. The Balaban J connectivity index is 2.73. The van der Waals surface area contributed by atoms with Crippen molar-refractivity contribution in [2.45, 2.75) is 13.0 Å². The smallest absolute Gasteiger partial charge is 0.242 e. The molecule has 0 heterocycles. The molecule has 0 aliphatic rings. The zero-order valence-corrected chi connectivity index (χ0v) is 10.8. The summed E-state index contributed by atoms with van der Waals surface area (Å²) < 4.78 is 0.958. The zero-order chi connectivity index (χ0) is 11.4. The highest BCUT2D eigenvalue weighted by molar-refractivity contribution is 9.10. The van der Waals surface area contributed by atoms with Crippen LogP contribution in [0.15, 0.2) is 22.7 Å². The first kappa shape index (κ1) is 12.5. The van der Waals surface area contributed by atoms with Crippen molar-refractivity contribution in [3.63, 3.8) is 0 Å². The summed E-state index contributed by atoms with van der Waals surface area (Å²) in [5.74, 6) is 0.111. The molecule has 0 radical (unpaired) electrons. The third-order valence-electron chi connectivity index (χ3n) is 1.97. The van der Waals surface area contributed by atoms with Crippen LogP contribution in [0.5, 0.6) is 0 Å². The first-order valence-electron chi connectivity index (χ1n) is 4.48. The molecular formula is C10H13BrN2OS. The van der Waals surface area contributed by atoms with Gasteiger partial charge in [0, 0.05) is 15.9 Å². The predicted molar refractivity (Wildman–Crippen MR) is 69.3 cm³/mol. The third-order valence-corrected chi connectivity index (χ3v) is 3.22. The SMILES string of the molecule is Cc1ccc(NC(=O)C(N)CS)cc1Br. The van der Waals surface area contributed by atoms with Crippen LogP contribution in [0.25, 0.3) is 0 Å². The van der Waals surface area contributed by atoms with Gasteiger partial charge in [0.15, 0.2) is 0 Å². The van der Waals surface area contributed by atoms with E-state index in [9.17, 15) is 4.79 Å². The summed E-state index contributed by atoms with van der Waals surface area (Å²) in [6, 6.07) is 5.03. The molecule has 0 spiro atoms. The van der Waals surface area contributed by atoms with Crippen molar-refractivity contribution in [1.82, 2.24) is 0 Å². The maximum absolute atomic E-state index is 11.4. The fourth-order valence-electron chi connectivity index (χ4n) is 0.988. The molecule has 1 unspecified atom stereocenters. The van der Waals surface area contributed by atoms with Gasteiger partial charge in [0.05, 0.1) is 6.04 Å². The number of hydrogen-bond donors (Lipinski definition) is 3. The van der Waals surface area contributed by atoms with Gasteiger partial charge in [-0.25, -0.2) is 0 Å². The van der Waals surface area contributed by atoms with Crippen LogP contribution in [0.4, 0.5) is 5.69 Å².